The molecule has 1 aliphatic carbocycles. The van der Waals surface area contributed by atoms with Crippen LogP contribution in [-0.4, -0.2) is 25.7 Å². The Hall–Kier alpha value is -0.910. The van der Waals surface area contributed by atoms with Gasteiger partial charge in [0.1, 0.15) is 0 Å². The van der Waals surface area contributed by atoms with Crippen LogP contribution in [0.2, 0.25) is 0 Å². The summed E-state index contributed by atoms with van der Waals surface area (Å²) in [4.78, 5) is 0.360. The fourth-order valence-corrected chi connectivity index (χ4v) is 4.11. The summed E-state index contributed by atoms with van der Waals surface area (Å²) >= 11 is 0. The fourth-order valence-electron chi connectivity index (χ4n) is 2.47. The molecule has 19 heavy (non-hydrogen) atoms. The Kier molecular flexibility index (Phi) is 4.28. The molecule has 1 aromatic rings. The fraction of sp³-hybridized carbons (Fsp3) is 0.571. The molecule has 0 bridgehead atoms. The van der Waals surface area contributed by atoms with E-state index in [1.54, 1.807) is 13.0 Å². The number of rotatable bonds is 3. The number of aryl methyl sites for hydroxylation is 2. The number of aliphatic hydroxyl groups excluding tert-OH is 1. The highest BCUT2D eigenvalue weighted by atomic mass is 32.2. The maximum absolute atomic E-state index is 12.4. The summed E-state index contributed by atoms with van der Waals surface area (Å²) < 4.78 is 27.5. The van der Waals surface area contributed by atoms with Crippen LogP contribution in [0.5, 0.6) is 0 Å². The van der Waals surface area contributed by atoms with E-state index in [-0.39, 0.29) is 12.1 Å². The van der Waals surface area contributed by atoms with Gasteiger partial charge in [0.15, 0.2) is 0 Å². The monoisotopic (exact) mass is 283 g/mol. The molecule has 4 nitrogen and oxygen atoms in total. The van der Waals surface area contributed by atoms with E-state index in [9.17, 15) is 13.5 Å². The molecular weight excluding hydrogens is 262 g/mol. The highest BCUT2D eigenvalue weighted by Crippen LogP contribution is 2.22. The molecule has 1 aliphatic rings. The van der Waals surface area contributed by atoms with Gasteiger partial charge in [0.25, 0.3) is 0 Å². The van der Waals surface area contributed by atoms with E-state index in [0.717, 1.165) is 11.1 Å². The minimum atomic E-state index is -3.46. The van der Waals surface area contributed by atoms with Crippen molar-refractivity contribution in [2.75, 3.05) is 0 Å². The van der Waals surface area contributed by atoms with Crippen LogP contribution in [-0.2, 0) is 10.0 Å². The Morgan fingerprint density at radius 3 is 2.42 bits per heavy atom. The third-order valence-corrected chi connectivity index (χ3v) is 5.31. The van der Waals surface area contributed by atoms with Gasteiger partial charge < -0.3 is 5.11 Å². The Morgan fingerprint density at radius 2 is 1.79 bits per heavy atom. The maximum Gasteiger partial charge on any atom is 0.241 e. The van der Waals surface area contributed by atoms with Crippen LogP contribution < -0.4 is 4.72 Å². The molecule has 0 aliphatic heterocycles. The average Bonchev–Trinajstić information content (AvgIpc) is 2.35. The summed E-state index contributed by atoms with van der Waals surface area (Å²) in [6, 6.07) is 5.38. The summed E-state index contributed by atoms with van der Waals surface area (Å²) in [7, 11) is -3.46. The van der Waals surface area contributed by atoms with E-state index in [2.05, 4.69) is 4.72 Å². The first-order valence-electron chi connectivity index (χ1n) is 6.66. The number of benzene rings is 1. The SMILES string of the molecule is Cc1ccc(C)c(S(=O)(=O)NC2CCC(O)CC2)c1. The van der Waals surface area contributed by atoms with E-state index < -0.39 is 10.0 Å². The first-order valence-corrected chi connectivity index (χ1v) is 8.14. The molecule has 0 radical (unpaired) electrons. The Labute approximate surface area is 114 Å². The van der Waals surface area contributed by atoms with Crippen LogP contribution in [0.25, 0.3) is 0 Å². The first-order chi connectivity index (χ1) is 8.88. The Bertz CT molecular complexity index is 546. The van der Waals surface area contributed by atoms with Crippen molar-refractivity contribution in [3.8, 4) is 0 Å². The predicted octanol–water partition coefficient (Wildman–Crippen LogP) is 1.89. The number of hydrogen-bond acceptors (Lipinski definition) is 3. The minimum absolute atomic E-state index is 0.0617. The molecule has 5 heteroatoms. The molecule has 1 aromatic carbocycles. The minimum Gasteiger partial charge on any atom is -0.393 e. The molecule has 0 heterocycles. The Morgan fingerprint density at radius 1 is 1.16 bits per heavy atom. The van der Waals surface area contributed by atoms with Crippen LogP contribution >= 0.6 is 0 Å². The van der Waals surface area contributed by atoms with Gasteiger partial charge in [-0.2, -0.15) is 0 Å². The van der Waals surface area contributed by atoms with Gasteiger partial charge in [0, 0.05) is 6.04 Å². The largest absolute Gasteiger partial charge is 0.393 e. The van der Waals surface area contributed by atoms with Gasteiger partial charge in [-0.25, -0.2) is 13.1 Å². The van der Waals surface area contributed by atoms with Gasteiger partial charge in [0.05, 0.1) is 11.0 Å². The van der Waals surface area contributed by atoms with Crippen molar-refractivity contribution < 1.29 is 13.5 Å². The van der Waals surface area contributed by atoms with Crippen LogP contribution in [0.15, 0.2) is 23.1 Å². The van der Waals surface area contributed by atoms with E-state index in [1.807, 2.05) is 19.1 Å². The second-order valence-electron chi connectivity index (χ2n) is 5.40. The standard InChI is InChI=1S/C14H21NO3S/c1-10-3-4-11(2)14(9-10)19(17,18)15-12-5-7-13(16)8-6-12/h3-4,9,12-13,15-16H,5-8H2,1-2H3. The van der Waals surface area contributed by atoms with Crippen LogP contribution in [0, 0.1) is 13.8 Å². The van der Waals surface area contributed by atoms with Crippen LogP contribution in [0.1, 0.15) is 36.8 Å². The highest BCUT2D eigenvalue weighted by Gasteiger charge is 2.25. The van der Waals surface area contributed by atoms with E-state index in [0.29, 0.717) is 30.6 Å². The van der Waals surface area contributed by atoms with Gasteiger partial charge in [0.2, 0.25) is 10.0 Å². The quantitative estimate of drug-likeness (QED) is 0.890. The highest BCUT2D eigenvalue weighted by molar-refractivity contribution is 7.89. The number of nitrogens with one attached hydrogen (secondary N) is 1. The summed E-state index contributed by atoms with van der Waals surface area (Å²) in [5.41, 5.74) is 1.69. The normalized spacial score (nSPS) is 24.4. The molecular formula is C14H21NO3S. The predicted molar refractivity (Wildman–Crippen MR) is 74.5 cm³/mol. The second kappa shape index (κ2) is 5.61. The van der Waals surface area contributed by atoms with Crippen molar-refractivity contribution in [2.24, 2.45) is 0 Å². The summed E-state index contributed by atoms with van der Waals surface area (Å²) in [6.45, 7) is 3.69. The van der Waals surface area contributed by atoms with Crippen LogP contribution in [0.4, 0.5) is 0 Å². The topological polar surface area (TPSA) is 66.4 Å². The van der Waals surface area contributed by atoms with E-state index in [1.165, 1.54) is 0 Å². The maximum atomic E-state index is 12.4. The summed E-state index contributed by atoms with van der Waals surface area (Å²) in [5, 5.41) is 9.45. The lowest BCUT2D eigenvalue weighted by Crippen LogP contribution is -2.38. The van der Waals surface area contributed by atoms with Crippen molar-refractivity contribution >= 4 is 10.0 Å². The number of sulfonamides is 1. The third-order valence-electron chi connectivity index (χ3n) is 3.65. The lowest BCUT2D eigenvalue weighted by atomic mass is 9.94. The lowest BCUT2D eigenvalue weighted by molar-refractivity contribution is 0.120. The van der Waals surface area contributed by atoms with Gasteiger partial charge >= 0.3 is 0 Å². The second-order valence-corrected chi connectivity index (χ2v) is 7.08. The van der Waals surface area contributed by atoms with Crippen LogP contribution in [0.3, 0.4) is 0 Å². The molecule has 0 amide bonds. The molecule has 0 unspecified atom stereocenters. The molecule has 0 spiro atoms. The van der Waals surface area contributed by atoms with E-state index in [4.69, 9.17) is 0 Å². The third kappa shape index (κ3) is 3.55. The van der Waals surface area contributed by atoms with Gasteiger partial charge in [-0.05, 0) is 56.7 Å². The molecule has 0 aromatic heterocycles. The molecule has 1 saturated carbocycles. The number of aliphatic hydroxyl groups is 1. The average molecular weight is 283 g/mol. The molecule has 1 fully saturated rings. The first kappa shape index (κ1) is 14.5. The smallest absolute Gasteiger partial charge is 0.241 e. The van der Waals surface area contributed by atoms with Crippen molar-refractivity contribution in [2.45, 2.75) is 56.6 Å². The summed E-state index contributed by atoms with van der Waals surface area (Å²) in [5.74, 6) is 0. The van der Waals surface area contributed by atoms with Crippen molar-refractivity contribution in [3.63, 3.8) is 0 Å². The zero-order valence-corrected chi connectivity index (χ0v) is 12.2. The molecule has 2 N–H and O–H groups in total. The van der Waals surface area contributed by atoms with Gasteiger partial charge in [-0.15, -0.1) is 0 Å². The van der Waals surface area contributed by atoms with Gasteiger partial charge in [-0.1, -0.05) is 12.1 Å². The molecule has 0 atom stereocenters. The van der Waals surface area contributed by atoms with Crippen molar-refractivity contribution in [1.29, 1.82) is 0 Å². The molecule has 2 rings (SSSR count). The van der Waals surface area contributed by atoms with E-state index >= 15 is 0 Å². The summed E-state index contributed by atoms with van der Waals surface area (Å²) in [6.07, 6.45) is 2.46. The zero-order valence-electron chi connectivity index (χ0n) is 11.4. The zero-order chi connectivity index (χ0) is 14.0. The number of hydrogen-bond donors (Lipinski definition) is 2. The lowest BCUT2D eigenvalue weighted by Gasteiger charge is -2.26. The van der Waals surface area contributed by atoms with Crippen molar-refractivity contribution in [3.05, 3.63) is 29.3 Å². The van der Waals surface area contributed by atoms with Crippen molar-refractivity contribution in [1.82, 2.24) is 4.72 Å². The molecule has 0 saturated heterocycles. The Balaban J connectivity index is 2.16. The molecule has 106 valence electrons. The van der Waals surface area contributed by atoms with Gasteiger partial charge in [-0.3, -0.25) is 0 Å².